The molecule has 0 bridgehead atoms. The smallest absolute Gasteiger partial charge is 0.258 e. The van der Waals surface area contributed by atoms with Crippen molar-refractivity contribution < 1.29 is 9.31 Å². The summed E-state index contributed by atoms with van der Waals surface area (Å²) in [6.45, 7) is 1.76. The number of nitro groups is 1. The molecule has 3 nitrogen and oxygen atoms in total. The van der Waals surface area contributed by atoms with Crippen molar-refractivity contribution in [1.82, 2.24) is 0 Å². The maximum Gasteiger partial charge on any atom is 0.308 e. The number of halogens is 1. The molecule has 0 aliphatic rings. The van der Waals surface area contributed by atoms with E-state index in [0.29, 0.717) is 18.4 Å². The third-order valence-electron chi connectivity index (χ3n) is 2.98. The van der Waals surface area contributed by atoms with Gasteiger partial charge in [0.25, 0.3) is 0 Å². The molecule has 0 atom stereocenters. The molecular formula is C15H13FNO2. The maximum absolute atomic E-state index is 14.2. The van der Waals surface area contributed by atoms with Gasteiger partial charge in [-0.05, 0) is 24.1 Å². The highest BCUT2D eigenvalue weighted by molar-refractivity contribution is 5.45. The van der Waals surface area contributed by atoms with Crippen molar-refractivity contribution in [2.45, 2.75) is 19.8 Å². The second-order valence-corrected chi connectivity index (χ2v) is 4.23. The lowest BCUT2D eigenvalue weighted by Gasteiger charge is -2.06. The topological polar surface area (TPSA) is 43.1 Å². The van der Waals surface area contributed by atoms with Crippen molar-refractivity contribution >= 4 is 5.69 Å². The second-order valence-electron chi connectivity index (χ2n) is 4.23. The monoisotopic (exact) mass is 258 g/mol. The fourth-order valence-corrected chi connectivity index (χ4v) is 1.99. The summed E-state index contributed by atoms with van der Waals surface area (Å²) in [7, 11) is 0. The summed E-state index contributed by atoms with van der Waals surface area (Å²) >= 11 is 0. The Labute approximate surface area is 110 Å². The third-order valence-corrected chi connectivity index (χ3v) is 2.98. The first-order chi connectivity index (χ1) is 9.13. The van der Waals surface area contributed by atoms with E-state index in [-0.39, 0.29) is 5.56 Å². The first kappa shape index (κ1) is 13.2. The number of hydrogen-bond acceptors (Lipinski definition) is 2. The number of nitro benzene ring substituents is 1. The fourth-order valence-electron chi connectivity index (χ4n) is 1.99. The number of aryl methyl sites for hydroxylation is 1. The third kappa shape index (κ3) is 2.78. The highest BCUT2D eigenvalue weighted by Crippen LogP contribution is 2.27. The fraction of sp³-hybridized carbons (Fsp3) is 0.200. The van der Waals surface area contributed by atoms with Crippen molar-refractivity contribution in [3.63, 3.8) is 0 Å². The minimum absolute atomic E-state index is 0.232. The maximum atomic E-state index is 14.2. The average Bonchev–Trinajstić information content (AvgIpc) is 2.41. The van der Waals surface area contributed by atoms with Crippen LogP contribution in [0.2, 0.25) is 0 Å². The van der Waals surface area contributed by atoms with E-state index in [4.69, 9.17) is 0 Å². The highest BCUT2D eigenvalue weighted by Gasteiger charge is 2.22. The van der Waals surface area contributed by atoms with Gasteiger partial charge in [-0.1, -0.05) is 37.3 Å². The molecule has 0 saturated heterocycles. The number of rotatable bonds is 4. The van der Waals surface area contributed by atoms with Crippen LogP contribution in [-0.2, 0) is 12.8 Å². The molecule has 0 N–H and O–H groups in total. The van der Waals surface area contributed by atoms with Gasteiger partial charge in [0.15, 0.2) is 0 Å². The second kappa shape index (κ2) is 5.61. The van der Waals surface area contributed by atoms with Crippen molar-refractivity contribution in [2.75, 3.05) is 0 Å². The van der Waals surface area contributed by atoms with Gasteiger partial charge in [0.05, 0.1) is 4.92 Å². The summed E-state index contributed by atoms with van der Waals surface area (Å²) < 4.78 is 14.2. The zero-order chi connectivity index (χ0) is 13.8. The summed E-state index contributed by atoms with van der Waals surface area (Å²) in [6, 6.07) is 13.6. The van der Waals surface area contributed by atoms with E-state index in [1.54, 1.807) is 6.92 Å². The normalized spacial score (nSPS) is 10.4. The highest BCUT2D eigenvalue weighted by atomic mass is 19.1. The summed E-state index contributed by atoms with van der Waals surface area (Å²) in [5, 5.41) is 11.0. The minimum atomic E-state index is -0.770. The molecule has 0 aromatic heterocycles. The van der Waals surface area contributed by atoms with Crippen LogP contribution in [0.15, 0.2) is 36.4 Å². The molecule has 2 aromatic rings. The summed E-state index contributed by atoms with van der Waals surface area (Å²) in [5.41, 5.74) is 1.08. The van der Waals surface area contributed by atoms with E-state index >= 15 is 0 Å². The predicted molar refractivity (Wildman–Crippen MR) is 70.5 cm³/mol. The minimum Gasteiger partial charge on any atom is -0.258 e. The number of benzene rings is 2. The Bertz CT molecular complexity index is 597. The van der Waals surface area contributed by atoms with Gasteiger partial charge in [0.1, 0.15) is 0 Å². The molecule has 0 aliphatic carbocycles. The van der Waals surface area contributed by atoms with Crippen molar-refractivity contribution in [2.24, 2.45) is 0 Å². The van der Waals surface area contributed by atoms with Crippen LogP contribution >= 0.6 is 0 Å². The lowest BCUT2D eigenvalue weighted by Crippen LogP contribution is -2.03. The van der Waals surface area contributed by atoms with Crippen LogP contribution in [0.3, 0.4) is 0 Å². The SMILES string of the molecule is CCc1c[c]c(Cc2ccccc2)c(F)c1[N+](=O)[O-]. The van der Waals surface area contributed by atoms with E-state index in [9.17, 15) is 14.5 Å². The zero-order valence-electron chi connectivity index (χ0n) is 10.5. The van der Waals surface area contributed by atoms with Gasteiger partial charge in [-0.25, -0.2) is 0 Å². The van der Waals surface area contributed by atoms with Gasteiger partial charge in [-0.3, -0.25) is 10.1 Å². The Hall–Kier alpha value is -2.23. The lowest BCUT2D eigenvalue weighted by atomic mass is 10.0. The molecule has 1 radical (unpaired) electrons. The Morgan fingerprint density at radius 2 is 2.00 bits per heavy atom. The van der Waals surface area contributed by atoms with Gasteiger partial charge in [0, 0.05) is 17.5 Å². The molecule has 0 fully saturated rings. The molecule has 0 saturated carbocycles. The van der Waals surface area contributed by atoms with Crippen LogP contribution in [0, 0.1) is 22.0 Å². The molecule has 2 rings (SSSR count). The molecular weight excluding hydrogens is 245 g/mol. The van der Waals surface area contributed by atoms with Crippen LogP contribution in [0.1, 0.15) is 23.6 Å². The van der Waals surface area contributed by atoms with Crippen molar-refractivity contribution in [3.05, 3.63) is 75.1 Å². The zero-order valence-corrected chi connectivity index (χ0v) is 10.5. The van der Waals surface area contributed by atoms with Gasteiger partial charge in [-0.2, -0.15) is 4.39 Å². The lowest BCUT2D eigenvalue weighted by molar-refractivity contribution is -0.388. The Balaban J connectivity index is 2.43. The molecule has 0 unspecified atom stereocenters. The summed E-state index contributed by atoms with van der Waals surface area (Å²) in [6.07, 6.45) is 0.715. The molecule has 0 heterocycles. The van der Waals surface area contributed by atoms with Crippen LogP contribution < -0.4 is 0 Å². The molecule has 2 aromatic carbocycles. The molecule has 0 spiro atoms. The van der Waals surface area contributed by atoms with E-state index in [1.165, 1.54) is 6.07 Å². The van der Waals surface area contributed by atoms with E-state index in [0.717, 1.165) is 5.56 Å². The average molecular weight is 258 g/mol. The van der Waals surface area contributed by atoms with Crippen LogP contribution in [0.5, 0.6) is 0 Å². The van der Waals surface area contributed by atoms with Gasteiger partial charge >= 0.3 is 5.69 Å². The molecule has 0 amide bonds. The van der Waals surface area contributed by atoms with Crippen molar-refractivity contribution in [1.29, 1.82) is 0 Å². The van der Waals surface area contributed by atoms with E-state index in [2.05, 4.69) is 6.07 Å². The first-order valence-corrected chi connectivity index (χ1v) is 6.03. The van der Waals surface area contributed by atoms with Crippen molar-refractivity contribution in [3.8, 4) is 0 Å². The van der Waals surface area contributed by atoms with E-state index in [1.807, 2.05) is 30.3 Å². The Kier molecular flexibility index (Phi) is 3.90. The largest absolute Gasteiger partial charge is 0.308 e. The molecule has 19 heavy (non-hydrogen) atoms. The number of nitrogens with zero attached hydrogens (tertiary/aromatic N) is 1. The predicted octanol–water partition coefficient (Wildman–Crippen LogP) is 3.69. The van der Waals surface area contributed by atoms with Gasteiger partial charge < -0.3 is 0 Å². The molecule has 4 heteroatoms. The number of hydrogen-bond donors (Lipinski definition) is 0. The Morgan fingerprint density at radius 1 is 1.32 bits per heavy atom. The van der Waals surface area contributed by atoms with Crippen LogP contribution in [-0.4, -0.2) is 4.92 Å². The Morgan fingerprint density at radius 3 is 2.58 bits per heavy atom. The summed E-state index contributed by atoms with van der Waals surface area (Å²) in [5.74, 6) is -0.770. The van der Waals surface area contributed by atoms with E-state index < -0.39 is 16.4 Å². The molecule has 0 aliphatic heterocycles. The van der Waals surface area contributed by atoms with Crippen LogP contribution in [0.25, 0.3) is 0 Å². The standard InChI is InChI=1S/C15H13FNO2/c1-2-12-8-9-13(14(16)15(12)17(18)19)10-11-6-4-3-5-7-11/h3-8H,2,10H2,1H3. The van der Waals surface area contributed by atoms with Gasteiger partial charge in [0.2, 0.25) is 5.82 Å². The first-order valence-electron chi connectivity index (χ1n) is 6.03. The van der Waals surface area contributed by atoms with Crippen LogP contribution in [0.4, 0.5) is 10.1 Å². The quantitative estimate of drug-likeness (QED) is 0.620. The summed E-state index contributed by atoms with van der Waals surface area (Å²) in [4.78, 5) is 10.3. The van der Waals surface area contributed by atoms with Gasteiger partial charge in [-0.15, -0.1) is 0 Å². The molecule has 97 valence electrons.